The lowest BCUT2D eigenvalue weighted by Crippen LogP contribution is -2.57. The van der Waals surface area contributed by atoms with Crippen LogP contribution >= 0.6 is 0 Å². The van der Waals surface area contributed by atoms with Gasteiger partial charge < -0.3 is 20.0 Å². The van der Waals surface area contributed by atoms with Crippen LogP contribution in [0, 0.1) is 11.8 Å². The first kappa shape index (κ1) is 13.1. The Morgan fingerprint density at radius 3 is 2.44 bits per heavy atom. The van der Waals surface area contributed by atoms with Crippen molar-refractivity contribution in [2.75, 3.05) is 26.2 Å². The fourth-order valence-corrected chi connectivity index (χ4v) is 2.61. The van der Waals surface area contributed by atoms with E-state index in [9.17, 15) is 14.7 Å². The quantitative estimate of drug-likeness (QED) is 0.740. The molecule has 102 valence electrons. The molecule has 2 amide bonds. The highest BCUT2D eigenvalue weighted by molar-refractivity contribution is 5.76. The summed E-state index contributed by atoms with van der Waals surface area (Å²) in [4.78, 5) is 26.1. The van der Waals surface area contributed by atoms with Crippen LogP contribution < -0.4 is 0 Å². The normalized spacial score (nSPS) is 29.0. The van der Waals surface area contributed by atoms with Gasteiger partial charge in [0.15, 0.2) is 0 Å². The maximum absolute atomic E-state index is 12.1. The van der Waals surface area contributed by atoms with Gasteiger partial charge in [-0.3, -0.25) is 4.79 Å². The van der Waals surface area contributed by atoms with Crippen molar-refractivity contribution in [3.05, 3.63) is 0 Å². The van der Waals surface area contributed by atoms with Gasteiger partial charge in [-0.05, 0) is 12.3 Å². The summed E-state index contributed by atoms with van der Waals surface area (Å²) in [5, 5.41) is 18.3. The van der Waals surface area contributed by atoms with Crippen molar-refractivity contribution in [3.8, 4) is 0 Å². The van der Waals surface area contributed by atoms with E-state index in [0.717, 1.165) is 0 Å². The third-order valence-corrected chi connectivity index (χ3v) is 3.82. The van der Waals surface area contributed by atoms with Crippen molar-refractivity contribution in [1.29, 1.82) is 0 Å². The predicted molar refractivity (Wildman–Crippen MR) is 64.1 cm³/mol. The molecule has 0 radical (unpaired) electrons. The maximum atomic E-state index is 12.1. The fourth-order valence-electron chi connectivity index (χ4n) is 2.61. The van der Waals surface area contributed by atoms with Crippen LogP contribution in [0.3, 0.4) is 0 Å². The van der Waals surface area contributed by atoms with Crippen LogP contribution in [0.5, 0.6) is 0 Å². The summed E-state index contributed by atoms with van der Waals surface area (Å²) < 4.78 is 0. The summed E-state index contributed by atoms with van der Waals surface area (Å²) in [5.74, 6) is -0.597. The van der Waals surface area contributed by atoms with Crippen molar-refractivity contribution in [3.63, 3.8) is 0 Å². The van der Waals surface area contributed by atoms with Gasteiger partial charge >= 0.3 is 12.0 Å². The Morgan fingerprint density at radius 1 is 1.22 bits per heavy atom. The average Bonchev–Trinajstić information content (AvgIpc) is 2.25. The molecule has 2 unspecified atom stereocenters. The van der Waals surface area contributed by atoms with E-state index in [1.54, 1.807) is 9.80 Å². The standard InChI is InChI=1S/C12H20N2O4/c1-8-5-13(3-2-10(8)15)12(18)14-6-9(7-14)4-11(16)17/h8-10,15H,2-7H2,1H3,(H,16,17). The number of likely N-dealkylation sites (tertiary alicyclic amines) is 2. The molecule has 0 bridgehead atoms. The van der Waals surface area contributed by atoms with Crippen LogP contribution in [0.2, 0.25) is 0 Å². The number of amides is 2. The molecule has 2 rings (SSSR count). The van der Waals surface area contributed by atoms with Crippen molar-refractivity contribution < 1.29 is 19.8 Å². The molecule has 0 aliphatic carbocycles. The van der Waals surface area contributed by atoms with Gasteiger partial charge in [-0.25, -0.2) is 4.79 Å². The monoisotopic (exact) mass is 256 g/mol. The molecule has 0 aromatic rings. The predicted octanol–water partition coefficient (Wildman–Crippen LogP) is 0.216. The zero-order chi connectivity index (χ0) is 13.3. The van der Waals surface area contributed by atoms with Crippen molar-refractivity contribution in [1.82, 2.24) is 9.80 Å². The van der Waals surface area contributed by atoms with Gasteiger partial charge in [0, 0.05) is 32.1 Å². The molecular weight excluding hydrogens is 236 g/mol. The lowest BCUT2D eigenvalue weighted by Gasteiger charge is -2.43. The Balaban J connectivity index is 1.78. The Labute approximate surface area is 106 Å². The van der Waals surface area contributed by atoms with E-state index < -0.39 is 5.97 Å². The number of rotatable bonds is 2. The number of aliphatic hydroxyl groups is 1. The van der Waals surface area contributed by atoms with Gasteiger partial charge in [0.25, 0.3) is 0 Å². The molecule has 2 saturated heterocycles. The number of carboxylic acid groups (broad SMARTS) is 1. The summed E-state index contributed by atoms with van der Waals surface area (Å²) in [7, 11) is 0. The topological polar surface area (TPSA) is 81.1 Å². The van der Waals surface area contributed by atoms with Crippen LogP contribution in [-0.4, -0.2) is 64.3 Å². The fraction of sp³-hybridized carbons (Fsp3) is 0.833. The van der Waals surface area contributed by atoms with Gasteiger partial charge in [-0.1, -0.05) is 6.92 Å². The second kappa shape index (κ2) is 5.14. The highest BCUT2D eigenvalue weighted by Gasteiger charge is 2.36. The van der Waals surface area contributed by atoms with E-state index in [1.165, 1.54) is 0 Å². The molecule has 0 aromatic heterocycles. The van der Waals surface area contributed by atoms with Crippen LogP contribution in [0.15, 0.2) is 0 Å². The molecule has 2 fully saturated rings. The van der Waals surface area contributed by atoms with E-state index in [1.807, 2.05) is 6.92 Å². The molecule has 0 spiro atoms. The van der Waals surface area contributed by atoms with E-state index in [4.69, 9.17) is 5.11 Å². The number of carbonyl (C=O) groups is 2. The molecular formula is C12H20N2O4. The number of hydrogen-bond donors (Lipinski definition) is 2. The smallest absolute Gasteiger partial charge is 0.320 e. The molecule has 2 aliphatic rings. The number of carboxylic acids is 1. The Morgan fingerprint density at radius 2 is 1.89 bits per heavy atom. The van der Waals surface area contributed by atoms with E-state index >= 15 is 0 Å². The number of aliphatic carboxylic acids is 1. The second-order valence-electron chi connectivity index (χ2n) is 5.43. The number of nitrogens with zero attached hydrogens (tertiary/aromatic N) is 2. The molecule has 0 aromatic carbocycles. The van der Waals surface area contributed by atoms with Gasteiger partial charge in [-0.2, -0.15) is 0 Å². The lowest BCUT2D eigenvalue weighted by molar-refractivity contribution is -0.139. The lowest BCUT2D eigenvalue weighted by atomic mass is 9.95. The Hall–Kier alpha value is -1.30. The van der Waals surface area contributed by atoms with Crippen LogP contribution in [0.4, 0.5) is 4.79 Å². The molecule has 2 aliphatic heterocycles. The molecule has 18 heavy (non-hydrogen) atoms. The van der Waals surface area contributed by atoms with Gasteiger partial charge in [-0.15, -0.1) is 0 Å². The molecule has 2 N–H and O–H groups in total. The number of hydrogen-bond acceptors (Lipinski definition) is 3. The molecule has 6 heteroatoms. The first-order chi connectivity index (χ1) is 8.47. The zero-order valence-electron chi connectivity index (χ0n) is 10.6. The molecule has 0 saturated carbocycles. The van der Waals surface area contributed by atoms with Gasteiger partial charge in [0.2, 0.25) is 0 Å². The van der Waals surface area contributed by atoms with Gasteiger partial charge in [0.1, 0.15) is 0 Å². The molecule has 2 heterocycles. The summed E-state index contributed by atoms with van der Waals surface area (Å²) in [6, 6.07) is -0.0182. The van der Waals surface area contributed by atoms with Crippen LogP contribution in [-0.2, 0) is 4.79 Å². The average molecular weight is 256 g/mol. The number of carbonyl (C=O) groups excluding carboxylic acids is 1. The largest absolute Gasteiger partial charge is 0.481 e. The van der Waals surface area contributed by atoms with Crippen LogP contribution in [0.25, 0.3) is 0 Å². The van der Waals surface area contributed by atoms with Crippen molar-refractivity contribution in [2.24, 2.45) is 11.8 Å². The van der Waals surface area contributed by atoms with E-state index in [0.29, 0.717) is 32.6 Å². The minimum Gasteiger partial charge on any atom is -0.481 e. The third-order valence-electron chi connectivity index (χ3n) is 3.82. The maximum Gasteiger partial charge on any atom is 0.320 e. The van der Waals surface area contributed by atoms with Crippen LogP contribution in [0.1, 0.15) is 19.8 Å². The minimum atomic E-state index is -0.804. The Kier molecular flexibility index (Phi) is 3.75. The summed E-state index contributed by atoms with van der Waals surface area (Å²) in [6.45, 7) is 4.19. The number of piperidine rings is 1. The highest BCUT2D eigenvalue weighted by atomic mass is 16.4. The SMILES string of the molecule is CC1CN(C(=O)N2CC(CC(=O)O)C2)CCC1O. The highest BCUT2D eigenvalue weighted by Crippen LogP contribution is 2.23. The van der Waals surface area contributed by atoms with Gasteiger partial charge in [0.05, 0.1) is 12.5 Å². The zero-order valence-corrected chi connectivity index (χ0v) is 10.6. The van der Waals surface area contributed by atoms with E-state index in [-0.39, 0.29) is 30.4 Å². The Bertz CT molecular complexity index is 341. The first-order valence-electron chi connectivity index (χ1n) is 6.41. The van der Waals surface area contributed by atoms with Crippen molar-refractivity contribution >= 4 is 12.0 Å². The minimum absolute atomic E-state index is 0.0182. The molecule has 2 atom stereocenters. The molecule has 6 nitrogen and oxygen atoms in total. The third kappa shape index (κ3) is 2.75. The number of aliphatic hydroxyl groups excluding tert-OH is 1. The summed E-state index contributed by atoms with van der Waals surface area (Å²) >= 11 is 0. The summed E-state index contributed by atoms with van der Waals surface area (Å²) in [6.07, 6.45) is 0.447. The van der Waals surface area contributed by atoms with Crippen molar-refractivity contribution in [2.45, 2.75) is 25.9 Å². The first-order valence-corrected chi connectivity index (χ1v) is 6.41. The summed E-state index contributed by atoms with van der Waals surface area (Å²) in [5.41, 5.74) is 0. The number of urea groups is 1. The van der Waals surface area contributed by atoms with E-state index in [2.05, 4.69) is 0 Å². The second-order valence-corrected chi connectivity index (χ2v) is 5.43.